The van der Waals surface area contributed by atoms with Gasteiger partial charge in [0.1, 0.15) is 22.3 Å². The van der Waals surface area contributed by atoms with Crippen LogP contribution in [0.3, 0.4) is 0 Å². The van der Waals surface area contributed by atoms with E-state index < -0.39 is 5.41 Å². The molecule has 4 aromatic heterocycles. The Bertz CT molecular complexity index is 6130. The minimum Gasteiger partial charge on any atom is -0.456 e. The van der Waals surface area contributed by atoms with Crippen molar-refractivity contribution < 1.29 is 8.83 Å². The Morgan fingerprint density at radius 1 is 0.316 bits per heavy atom. The van der Waals surface area contributed by atoms with E-state index in [4.69, 9.17) is 8.83 Å². The van der Waals surface area contributed by atoms with E-state index in [0.29, 0.717) is 0 Å². The van der Waals surface area contributed by atoms with E-state index in [1.165, 1.54) is 71.4 Å². The number of anilines is 3. The highest BCUT2D eigenvalue weighted by atomic mass is 16.3. The monoisotopic (exact) mass is 1210 g/mol. The Hall–Kier alpha value is -11.9. The van der Waals surface area contributed by atoms with Crippen molar-refractivity contribution >= 4 is 128 Å². The first-order chi connectivity index (χ1) is 46.8. The molecule has 0 saturated carbocycles. The molecule has 0 N–H and O–H groups in total. The van der Waals surface area contributed by atoms with Gasteiger partial charge in [0.2, 0.25) is 6.71 Å². The van der Waals surface area contributed by atoms with Crippen LogP contribution < -0.4 is 21.3 Å². The highest BCUT2D eigenvalue weighted by Gasteiger charge is 2.56. The van der Waals surface area contributed by atoms with Gasteiger partial charge in [-0.2, -0.15) is 0 Å². The molecule has 1 aliphatic carbocycles. The summed E-state index contributed by atoms with van der Waals surface area (Å²) in [6.07, 6.45) is 0. The number of hydrogen-bond acceptors (Lipinski definition) is 3. The van der Waals surface area contributed by atoms with E-state index in [1.54, 1.807) is 0 Å². The predicted octanol–water partition coefficient (Wildman–Crippen LogP) is 21.3. The summed E-state index contributed by atoms with van der Waals surface area (Å²) in [6.45, 7) is 6.91. The molecule has 6 heteroatoms. The van der Waals surface area contributed by atoms with Crippen molar-refractivity contribution in [3.63, 3.8) is 0 Å². The van der Waals surface area contributed by atoms with E-state index in [-0.39, 0.29) is 12.1 Å². The van der Waals surface area contributed by atoms with Crippen LogP contribution in [0.2, 0.25) is 0 Å². The fourth-order valence-corrected chi connectivity index (χ4v) is 17.6. The normalized spacial score (nSPS) is 13.7. The van der Waals surface area contributed by atoms with E-state index >= 15 is 0 Å². The fourth-order valence-electron chi connectivity index (χ4n) is 17.6. The lowest BCUT2D eigenvalue weighted by molar-refractivity contribution is 0.588. The van der Waals surface area contributed by atoms with Gasteiger partial charge in [-0.05, 0) is 134 Å². The van der Waals surface area contributed by atoms with Gasteiger partial charge < -0.3 is 22.9 Å². The van der Waals surface area contributed by atoms with Gasteiger partial charge in [0, 0.05) is 88.1 Å². The van der Waals surface area contributed by atoms with Crippen LogP contribution in [0.4, 0.5) is 17.1 Å². The number of rotatable bonds is 5. The first kappa shape index (κ1) is 52.7. The van der Waals surface area contributed by atoms with Crippen molar-refractivity contribution in [1.82, 2.24) is 9.13 Å². The van der Waals surface area contributed by atoms with Crippen LogP contribution in [0.25, 0.3) is 132 Å². The van der Waals surface area contributed by atoms with Crippen LogP contribution >= 0.6 is 0 Å². The second-order valence-corrected chi connectivity index (χ2v) is 27.3. The number of hydrogen-bond donors (Lipinski definition) is 0. The largest absolute Gasteiger partial charge is 0.456 e. The quantitative estimate of drug-likeness (QED) is 0.161. The number of para-hydroxylation sites is 9. The average molecular weight is 1210 g/mol. The van der Waals surface area contributed by atoms with Crippen LogP contribution in [-0.4, -0.2) is 15.8 Å². The molecule has 5 nitrogen and oxygen atoms in total. The summed E-state index contributed by atoms with van der Waals surface area (Å²) in [5.41, 5.74) is 29.6. The summed E-state index contributed by atoms with van der Waals surface area (Å²) in [4.78, 5) is 2.74. The molecule has 0 saturated heterocycles. The van der Waals surface area contributed by atoms with E-state index in [1.807, 2.05) is 0 Å². The molecule has 14 aromatic carbocycles. The van der Waals surface area contributed by atoms with Gasteiger partial charge in [-0.15, -0.1) is 0 Å². The van der Waals surface area contributed by atoms with Gasteiger partial charge in [0.25, 0.3) is 0 Å². The Kier molecular flexibility index (Phi) is 10.6. The summed E-state index contributed by atoms with van der Waals surface area (Å²) in [7, 11) is 0. The maximum absolute atomic E-state index is 7.14. The lowest BCUT2D eigenvalue weighted by Gasteiger charge is -2.48. The summed E-state index contributed by atoms with van der Waals surface area (Å²) in [5, 5.41) is 9.16. The molecule has 2 aliphatic heterocycles. The third kappa shape index (κ3) is 7.02. The zero-order valence-corrected chi connectivity index (χ0v) is 52.5. The Morgan fingerprint density at radius 2 is 0.758 bits per heavy atom. The van der Waals surface area contributed by atoms with Gasteiger partial charge in [0.05, 0.1) is 33.2 Å². The van der Waals surface area contributed by atoms with Crippen molar-refractivity contribution in [1.29, 1.82) is 0 Å². The predicted molar refractivity (Wildman–Crippen MR) is 396 cm³/mol. The van der Waals surface area contributed by atoms with Crippen LogP contribution in [0, 0.1) is 0 Å². The average Bonchev–Trinajstić information content (AvgIpc) is 1.58. The summed E-state index contributed by atoms with van der Waals surface area (Å²) in [5.74, 6) is 0. The van der Waals surface area contributed by atoms with Crippen LogP contribution in [0.5, 0.6) is 0 Å². The summed E-state index contributed by atoms with van der Waals surface area (Å²) < 4.78 is 19.2. The zero-order chi connectivity index (χ0) is 62.6. The van der Waals surface area contributed by atoms with E-state index in [2.05, 4.69) is 332 Å². The lowest BCUT2D eigenvalue weighted by Crippen LogP contribution is -2.65. The molecule has 444 valence electrons. The molecule has 18 aromatic rings. The minimum atomic E-state index is -0.768. The molecule has 0 unspecified atom stereocenters. The maximum atomic E-state index is 7.14. The maximum Gasteiger partial charge on any atom is 0.247 e. The highest BCUT2D eigenvalue weighted by Crippen LogP contribution is 2.60. The van der Waals surface area contributed by atoms with Crippen molar-refractivity contribution in [2.75, 3.05) is 4.90 Å². The number of nitrogens with zero attached hydrogens (tertiary/aromatic N) is 3. The molecular weight excluding hydrogens is 1150 g/mol. The molecule has 0 amide bonds. The van der Waals surface area contributed by atoms with Crippen LogP contribution in [-0.2, 0) is 10.8 Å². The summed E-state index contributed by atoms with van der Waals surface area (Å²) in [6, 6.07) is 112. The molecule has 0 radical (unpaired) electrons. The molecule has 3 aliphatic rings. The smallest absolute Gasteiger partial charge is 0.247 e. The zero-order valence-electron chi connectivity index (χ0n) is 52.5. The minimum absolute atomic E-state index is 0.278. The van der Waals surface area contributed by atoms with Gasteiger partial charge >= 0.3 is 0 Å². The first-order valence-corrected chi connectivity index (χ1v) is 33.2. The molecular formula is C89H58BN3O2. The van der Waals surface area contributed by atoms with Crippen molar-refractivity contribution in [2.24, 2.45) is 0 Å². The topological polar surface area (TPSA) is 39.4 Å². The first-order valence-electron chi connectivity index (χ1n) is 33.2. The molecule has 95 heavy (non-hydrogen) atoms. The SMILES string of the molecule is CC(C)(C)c1cc2c3c(c1)C1(c4cc5c(cc4B3c3cc4oc6ccccc6c4cc3N2c2c(-c3cccc4c6ccccc6n(-c6ccccc6)c34)cccc2-c2cccc3c4ccccc4n(-c4ccccc4)c23)oc2ccccc25)c2ccccc2-c2ccccc21. The van der Waals surface area contributed by atoms with Gasteiger partial charge in [-0.25, -0.2) is 0 Å². The number of benzene rings is 14. The molecule has 1 spiro atoms. The van der Waals surface area contributed by atoms with Crippen molar-refractivity contribution in [2.45, 2.75) is 31.6 Å². The lowest BCUT2D eigenvalue weighted by atomic mass is 9.29. The molecule has 0 fully saturated rings. The van der Waals surface area contributed by atoms with Crippen LogP contribution in [0.1, 0.15) is 48.6 Å². The molecule has 0 bridgehead atoms. The second kappa shape index (κ2) is 19.1. The van der Waals surface area contributed by atoms with Crippen molar-refractivity contribution in [3.8, 4) is 44.8 Å². The van der Waals surface area contributed by atoms with Gasteiger partial charge in [0.15, 0.2) is 0 Å². The Labute approximate surface area is 548 Å². The number of furan rings is 2. The third-order valence-electron chi connectivity index (χ3n) is 21.5. The Morgan fingerprint density at radius 3 is 1.32 bits per heavy atom. The van der Waals surface area contributed by atoms with Gasteiger partial charge in [-0.3, -0.25) is 0 Å². The number of fused-ring (bicyclic) bond motifs is 23. The summed E-state index contributed by atoms with van der Waals surface area (Å²) >= 11 is 0. The second-order valence-electron chi connectivity index (χ2n) is 27.3. The standard InChI is InChI=1S/C89H58BN3O2/c1-88(2,3)53-47-73-84-79(48-53)93(78-50-69-61-34-15-21-46-81(61)95-83(69)52-75(78)90(84)74-51-82-68(60-33-14-20-45-80(60)94-82)49-72(74)89(73)70-41-16-10-29-56(70)57-30-11-17-42-71(57)89)87-66(64-37-22-35-62-58-31-12-18-43-76(58)91(85(62)64)54-25-6-4-7-26-54)39-24-40-67(87)65-38-23-36-63-59-32-13-19-44-77(59)92(86(63)65)55-27-8-5-9-28-55/h4-52H,1-3H3. The molecule has 0 atom stereocenters. The van der Waals surface area contributed by atoms with Crippen molar-refractivity contribution in [3.05, 3.63) is 325 Å². The molecule has 6 heterocycles. The van der Waals surface area contributed by atoms with Gasteiger partial charge in [-0.1, -0.05) is 245 Å². The van der Waals surface area contributed by atoms with Crippen LogP contribution in [0.15, 0.2) is 306 Å². The van der Waals surface area contributed by atoms with E-state index in [9.17, 15) is 0 Å². The molecule has 21 rings (SSSR count). The Balaban J connectivity index is 0.987. The highest BCUT2D eigenvalue weighted by molar-refractivity contribution is 6.99. The van der Waals surface area contributed by atoms with E-state index in [0.717, 1.165) is 122 Å². The fraction of sp³-hybridized carbons (Fsp3) is 0.0562. The number of aromatic nitrogens is 2. The third-order valence-corrected chi connectivity index (χ3v) is 21.5.